The molecule has 0 aromatic heterocycles. The summed E-state index contributed by atoms with van der Waals surface area (Å²) in [5, 5.41) is 2.23. The van der Waals surface area contributed by atoms with Crippen LogP contribution in [0.25, 0.3) is 0 Å². The molecule has 94 valence electrons. The van der Waals surface area contributed by atoms with Crippen molar-refractivity contribution in [1.29, 1.82) is 0 Å². The first-order valence-corrected chi connectivity index (χ1v) is 6.63. The number of rotatable bonds is 3. The van der Waals surface area contributed by atoms with Crippen LogP contribution in [0.3, 0.4) is 0 Å². The second-order valence-electron chi connectivity index (χ2n) is 3.88. The number of hydrogen-bond donors (Lipinski definition) is 1. The molecule has 6 heteroatoms. The quantitative estimate of drug-likeness (QED) is 0.798. The van der Waals surface area contributed by atoms with Gasteiger partial charge in [-0.2, -0.15) is 0 Å². The fourth-order valence-corrected chi connectivity index (χ4v) is 1.67. The molecule has 0 aliphatic carbocycles. The van der Waals surface area contributed by atoms with Gasteiger partial charge in [-0.15, -0.1) is 0 Å². The van der Waals surface area contributed by atoms with Gasteiger partial charge in [-0.3, -0.25) is 4.79 Å². The van der Waals surface area contributed by atoms with Gasteiger partial charge in [-0.25, -0.2) is 8.78 Å². The van der Waals surface area contributed by atoms with Crippen LogP contribution in [-0.2, 0) is 4.79 Å². The van der Waals surface area contributed by atoms with E-state index in [4.69, 9.17) is 0 Å². The highest BCUT2D eigenvalue weighted by atomic mass is 79.9. The molecule has 1 rings (SSSR count). The molecule has 2 nitrogen and oxygen atoms in total. The summed E-state index contributed by atoms with van der Waals surface area (Å²) >= 11 is 6.13. The van der Waals surface area contributed by atoms with Gasteiger partial charge in [0.2, 0.25) is 5.91 Å². The van der Waals surface area contributed by atoms with E-state index >= 15 is 0 Å². The second kappa shape index (κ2) is 5.91. The molecule has 0 heterocycles. The van der Waals surface area contributed by atoms with Gasteiger partial charge in [-0.1, -0.05) is 45.7 Å². The van der Waals surface area contributed by atoms with Crippen LogP contribution in [0.1, 0.15) is 13.8 Å². The van der Waals surface area contributed by atoms with Gasteiger partial charge in [0.1, 0.15) is 5.69 Å². The zero-order valence-electron chi connectivity index (χ0n) is 9.23. The molecular weight excluding hydrogens is 360 g/mol. The minimum Gasteiger partial charge on any atom is -0.320 e. The minimum atomic E-state index is -0.811. The Kier molecular flexibility index (Phi) is 5.06. The van der Waals surface area contributed by atoms with E-state index < -0.39 is 28.1 Å². The minimum absolute atomic E-state index is 0.0246. The molecule has 1 amide bonds. The van der Waals surface area contributed by atoms with Crippen molar-refractivity contribution in [2.45, 2.75) is 18.7 Å². The normalized spacial score (nSPS) is 12.6. The summed E-state index contributed by atoms with van der Waals surface area (Å²) in [4.78, 5) is 11.1. The molecular formula is C11H11Br2F2NO. The van der Waals surface area contributed by atoms with Crippen LogP contribution in [0.2, 0.25) is 0 Å². The van der Waals surface area contributed by atoms with Gasteiger partial charge in [0, 0.05) is 4.47 Å². The predicted octanol–water partition coefficient (Wildman–Crippen LogP) is 4.09. The van der Waals surface area contributed by atoms with Gasteiger partial charge >= 0.3 is 0 Å². The monoisotopic (exact) mass is 369 g/mol. The van der Waals surface area contributed by atoms with E-state index in [2.05, 4.69) is 37.2 Å². The Morgan fingerprint density at radius 3 is 2.18 bits per heavy atom. The predicted molar refractivity (Wildman–Crippen MR) is 70.2 cm³/mol. The molecule has 1 aromatic carbocycles. The van der Waals surface area contributed by atoms with Crippen LogP contribution >= 0.6 is 31.9 Å². The number of amides is 1. The van der Waals surface area contributed by atoms with Crippen molar-refractivity contribution in [2.75, 3.05) is 5.32 Å². The summed E-state index contributed by atoms with van der Waals surface area (Å²) < 4.78 is 27.2. The molecule has 1 atom stereocenters. The molecule has 0 aliphatic heterocycles. The lowest BCUT2D eigenvalue weighted by molar-refractivity contribution is -0.116. The van der Waals surface area contributed by atoms with Gasteiger partial charge in [-0.05, 0) is 18.1 Å². The zero-order valence-corrected chi connectivity index (χ0v) is 12.4. The summed E-state index contributed by atoms with van der Waals surface area (Å²) in [6.45, 7) is 3.65. The lowest BCUT2D eigenvalue weighted by Crippen LogP contribution is -2.27. The number of hydrogen-bond acceptors (Lipinski definition) is 1. The third-order valence-electron chi connectivity index (χ3n) is 2.09. The van der Waals surface area contributed by atoms with Crippen molar-refractivity contribution in [3.05, 3.63) is 28.2 Å². The molecule has 0 spiro atoms. The maximum atomic E-state index is 13.4. The maximum absolute atomic E-state index is 13.4. The topological polar surface area (TPSA) is 29.1 Å². The van der Waals surface area contributed by atoms with Crippen LogP contribution in [-0.4, -0.2) is 10.7 Å². The number of nitrogens with one attached hydrogen (secondary N) is 1. The first-order chi connectivity index (χ1) is 7.82. The van der Waals surface area contributed by atoms with E-state index in [1.54, 1.807) is 0 Å². The van der Waals surface area contributed by atoms with Gasteiger partial charge < -0.3 is 5.32 Å². The first kappa shape index (κ1) is 14.6. The Balaban J connectivity index is 2.93. The van der Waals surface area contributed by atoms with Crippen LogP contribution in [0.15, 0.2) is 16.6 Å². The molecule has 17 heavy (non-hydrogen) atoms. The highest BCUT2D eigenvalue weighted by Crippen LogP contribution is 2.25. The largest absolute Gasteiger partial charge is 0.320 e. The third kappa shape index (κ3) is 3.74. The number of halogens is 4. The highest BCUT2D eigenvalue weighted by molar-refractivity contribution is 9.10. The van der Waals surface area contributed by atoms with Crippen LogP contribution in [0.4, 0.5) is 14.5 Å². The fraction of sp³-hybridized carbons (Fsp3) is 0.364. The summed E-state index contributed by atoms with van der Waals surface area (Å²) in [5.41, 5.74) is -0.427. The first-order valence-electron chi connectivity index (χ1n) is 4.92. The smallest absolute Gasteiger partial charge is 0.238 e. The standard InChI is InChI=1S/C11H11Br2F2NO/c1-5(2)9(13)11(17)16-10-7(14)3-6(12)4-8(10)15/h3-5,9H,1-2H3,(H,16,17). The number of carbonyl (C=O) groups is 1. The third-order valence-corrected chi connectivity index (χ3v) is 4.02. The lowest BCUT2D eigenvalue weighted by atomic mass is 10.1. The molecule has 1 aromatic rings. The Morgan fingerprint density at radius 1 is 1.29 bits per heavy atom. The number of anilines is 1. The summed E-state index contributed by atoms with van der Waals surface area (Å²) in [5.74, 6) is -2.07. The molecule has 1 unspecified atom stereocenters. The van der Waals surface area contributed by atoms with E-state index in [0.717, 1.165) is 12.1 Å². The Labute approximate surface area is 115 Å². The van der Waals surface area contributed by atoms with Crippen molar-refractivity contribution in [1.82, 2.24) is 0 Å². The molecule has 0 fully saturated rings. The average Bonchev–Trinajstić information content (AvgIpc) is 2.21. The van der Waals surface area contributed by atoms with E-state index in [0.29, 0.717) is 0 Å². The van der Waals surface area contributed by atoms with Gasteiger partial charge in [0.25, 0.3) is 0 Å². The molecule has 0 saturated carbocycles. The number of carbonyl (C=O) groups excluding carboxylic acids is 1. The van der Waals surface area contributed by atoms with Crippen LogP contribution in [0, 0.1) is 17.6 Å². The van der Waals surface area contributed by atoms with Crippen molar-refractivity contribution < 1.29 is 13.6 Å². The number of benzene rings is 1. The van der Waals surface area contributed by atoms with Crippen LogP contribution in [0.5, 0.6) is 0 Å². The van der Waals surface area contributed by atoms with Crippen molar-refractivity contribution in [3.63, 3.8) is 0 Å². The zero-order chi connectivity index (χ0) is 13.2. The van der Waals surface area contributed by atoms with Crippen LogP contribution < -0.4 is 5.32 Å². The van der Waals surface area contributed by atoms with Gasteiger partial charge in [0.15, 0.2) is 11.6 Å². The molecule has 0 radical (unpaired) electrons. The fourth-order valence-electron chi connectivity index (χ4n) is 1.16. The van der Waals surface area contributed by atoms with Crippen molar-refractivity contribution in [3.8, 4) is 0 Å². The Morgan fingerprint density at radius 2 is 1.76 bits per heavy atom. The SMILES string of the molecule is CC(C)C(Br)C(=O)Nc1c(F)cc(Br)cc1F. The summed E-state index contributed by atoms with van der Waals surface area (Å²) in [6.07, 6.45) is 0. The molecule has 1 N–H and O–H groups in total. The molecule has 0 saturated heterocycles. The highest BCUT2D eigenvalue weighted by Gasteiger charge is 2.21. The summed E-state index contributed by atoms with van der Waals surface area (Å²) in [7, 11) is 0. The average molecular weight is 371 g/mol. The van der Waals surface area contributed by atoms with Crippen molar-refractivity contribution in [2.24, 2.45) is 5.92 Å². The van der Waals surface area contributed by atoms with E-state index in [9.17, 15) is 13.6 Å². The second-order valence-corrected chi connectivity index (χ2v) is 5.78. The van der Waals surface area contributed by atoms with E-state index in [1.165, 1.54) is 0 Å². The summed E-state index contributed by atoms with van der Waals surface area (Å²) in [6, 6.07) is 2.19. The van der Waals surface area contributed by atoms with Gasteiger partial charge in [0.05, 0.1) is 4.83 Å². The lowest BCUT2D eigenvalue weighted by Gasteiger charge is -2.14. The van der Waals surface area contributed by atoms with E-state index in [1.807, 2.05) is 13.8 Å². The molecule has 0 aliphatic rings. The molecule has 0 bridgehead atoms. The van der Waals surface area contributed by atoms with E-state index in [-0.39, 0.29) is 10.4 Å². The Hall–Kier alpha value is -0.490. The maximum Gasteiger partial charge on any atom is 0.238 e. The number of alkyl halides is 1. The van der Waals surface area contributed by atoms with Crippen molar-refractivity contribution >= 4 is 43.5 Å². The Bertz CT molecular complexity index is 414.